The van der Waals surface area contributed by atoms with Crippen molar-refractivity contribution in [3.05, 3.63) is 23.8 Å². The Labute approximate surface area is 113 Å². The smallest absolute Gasteiger partial charge is 0.188 e. The molecule has 1 saturated heterocycles. The van der Waals surface area contributed by atoms with Crippen LogP contribution in [0.4, 0.5) is 0 Å². The van der Waals surface area contributed by atoms with E-state index in [1.54, 1.807) is 14.2 Å². The number of hydrogen-bond acceptors (Lipinski definition) is 5. The predicted octanol–water partition coefficient (Wildman–Crippen LogP) is 1.37. The molecule has 5 nitrogen and oxygen atoms in total. The average molecular weight is 268 g/mol. The standard InChI is InChI=1S/C14H20O5/c1-14(8-15)13(19-14)7-10-6-11(17-3)4-5-12(10)18-9-16-2/h4-6,13,15H,7-9H2,1-3H3/t13-,14-/m0/s1. The van der Waals surface area contributed by atoms with Crippen molar-refractivity contribution in [1.29, 1.82) is 0 Å². The number of epoxide rings is 1. The lowest BCUT2D eigenvalue weighted by Crippen LogP contribution is -2.16. The van der Waals surface area contributed by atoms with E-state index in [1.165, 1.54) is 0 Å². The summed E-state index contributed by atoms with van der Waals surface area (Å²) < 4.78 is 21.2. The molecule has 0 unspecified atom stereocenters. The molecule has 0 bridgehead atoms. The Kier molecular flexibility index (Phi) is 4.29. The molecule has 1 aliphatic rings. The van der Waals surface area contributed by atoms with E-state index < -0.39 is 5.60 Å². The predicted molar refractivity (Wildman–Crippen MR) is 69.6 cm³/mol. The van der Waals surface area contributed by atoms with Crippen molar-refractivity contribution < 1.29 is 24.1 Å². The van der Waals surface area contributed by atoms with Crippen molar-refractivity contribution >= 4 is 0 Å². The van der Waals surface area contributed by atoms with Crippen LogP contribution in [-0.2, 0) is 15.9 Å². The number of ether oxygens (including phenoxy) is 4. The van der Waals surface area contributed by atoms with Gasteiger partial charge in [-0.05, 0) is 25.1 Å². The molecule has 1 heterocycles. The summed E-state index contributed by atoms with van der Waals surface area (Å²) in [7, 11) is 3.20. The SMILES string of the molecule is COCOc1ccc(OC)cc1C[C@@H]1O[C@@]1(C)CO. The molecule has 0 spiro atoms. The second kappa shape index (κ2) is 5.77. The molecule has 1 aliphatic heterocycles. The minimum absolute atomic E-state index is 0.00880. The lowest BCUT2D eigenvalue weighted by molar-refractivity contribution is 0.0503. The van der Waals surface area contributed by atoms with Gasteiger partial charge in [-0.3, -0.25) is 0 Å². The molecular weight excluding hydrogens is 248 g/mol. The fourth-order valence-electron chi connectivity index (χ4n) is 1.99. The second-order valence-electron chi connectivity index (χ2n) is 4.81. The van der Waals surface area contributed by atoms with Crippen LogP contribution in [0.1, 0.15) is 12.5 Å². The fourth-order valence-corrected chi connectivity index (χ4v) is 1.99. The van der Waals surface area contributed by atoms with E-state index in [0.717, 1.165) is 17.1 Å². The molecule has 0 amide bonds. The number of rotatable bonds is 7. The Morgan fingerprint density at radius 1 is 1.37 bits per heavy atom. The van der Waals surface area contributed by atoms with Gasteiger partial charge < -0.3 is 24.1 Å². The van der Waals surface area contributed by atoms with E-state index in [-0.39, 0.29) is 19.5 Å². The maximum atomic E-state index is 9.22. The molecule has 1 fully saturated rings. The summed E-state index contributed by atoms with van der Waals surface area (Å²) in [5, 5.41) is 9.22. The van der Waals surface area contributed by atoms with Crippen molar-refractivity contribution in [1.82, 2.24) is 0 Å². The Hall–Kier alpha value is -1.30. The van der Waals surface area contributed by atoms with Crippen LogP contribution in [0.2, 0.25) is 0 Å². The van der Waals surface area contributed by atoms with Crippen molar-refractivity contribution in [2.24, 2.45) is 0 Å². The molecular formula is C14H20O5. The van der Waals surface area contributed by atoms with Crippen molar-refractivity contribution in [2.75, 3.05) is 27.6 Å². The first-order chi connectivity index (χ1) is 9.12. The summed E-state index contributed by atoms with van der Waals surface area (Å²) in [6.07, 6.45) is 0.683. The maximum absolute atomic E-state index is 9.22. The lowest BCUT2D eigenvalue weighted by atomic mass is 10.0. The van der Waals surface area contributed by atoms with Gasteiger partial charge in [0.15, 0.2) is 6.79 Å². The van der Waals surface area contributed by atoms with E-state index in [9.17, 15) is 5.11 Å². The molecule has 5 heteroatoms. The van der Waals surface area contributed by atoms with Crippen molar-refractivity contribution in [2.45, 2.75) is 25.0 Å². The quantitative estimate of drug-likeness (QED) is 0.598. The second-order valence-corrected chi connectivity index (χ2v) is 4.81. The normalized spacial score (nSPS) is 25.2. The highest BCUT2D eigenvalue weighted by atomic mass is 16.7. The number of hydrogen-bond donors (Lipinski definition) is 1. The Morgan fingerprint density at radius 3 is 2.74 bits per heavy atom. The summed E-state index contributed by atoms with van der Waals surface area (Å²) in [6.45, 7) is 2.12. The first-order valence-corrected chi connectivity index (χ1v) is 6.20. The summed E-state index contributed by atoms with van der Waals surface area (Å²) in [6, 6.07) is 5.61. The Balaban J connectivity index is 2.11. The summed E-state index contributed by atoms with van der Waals surface area (Å²) in [5.74, 6) is 1.52. The van der Waals surface area contributed by atoms with Crippen molar-refractivity contribution in [3.8, 4) is 11.5 Å². The zero-order chi connectivity index (χ0) is 13.9. The number of aliphatic hydroxyl groups excluding tert-OH is 1. The van der Waals surface area contributed by atoms with E-state index in [2.05, 4.69) is 0 Å². The third kappa shape index (κ3) is 3.18. The van der Waals surface area contributed by atoms with Gasteiger partial charge in [-0.2, -0.15) is 0 Å². The van der Waals surface area contributed by atoms with E-state index in [4.69, 9.17) is 18.9 Å². The molecule has 2 atom stereocenters. The Bertz CT molecular complexity index is 434. The Morgan fingerprint density at radius 2 is 2.16 bits per heavy atom. The van der Waals surface area contributed by atoms with E-state index in [0.29, 0.717) is 6.42 Å². The first-order valence-electron chi connectivity index (χ1n) is 6.20. The fraction of sp³-hybridized carbons (Fsp3) is 0.571. The van der Waals surface area contributed by atoms with Crippen LogP contribution in [-0.4, -0.2) is 44.4 Å². The highest BCUT2D eigenvalue weighted by molar-refractivity contribution is 5.41. The molecule has 0 radical (unpaired) electrons. The van der Waals surface area contributed by atoms with Crippen LogP contribution in [0, 0.1) is 0 Å². The number of methoxy groups -OCH3 is 2. The third-order valence-corrected chi connectivity index (χ3v) is 3.35. The van der Waals surface area contributed by atoms with Gasteiger partial charge in [0.2, 0.25) is 0 Å². The topological polar surface area (TPSA) is 60.5 Å². The molecule has 1 N–H and O–H groups in total. The molecule has 1 aromatic rings. The highest BCUT2D eigenvalue weighted by Crippen LogP contribution is 2.39. The van der Waals surface area contributed by atoms with E-state index in [1.807, 2.05) is 25.1 Å². The molecule has 0 saturated carbocycles. The van der Waals surface area contributed by atoms with Crippen LogP contribution in [0.15, 0.2) is 18.2 Å². The maximum Gasteiger partial charge on any atom is 0.188 e. The van der Waals surface area contributed by atoms with Gasteiger partial charge in [0.25, 0.3) is 0 Å². The van der Waals surface area contributed by atoms with Gasteiger partial charge >= 0.3 is 0 Å². The van der Waals surface area contributed by atoms with Gasteiger partial charge in [-0.25, -0.2) is 0 Å². The highest BCUT2D eigenvalue weighted by Gasteiger charge is 2.51. The van der Waals surface area contributed by atoms with Gasteiger partial charge in [0, 0.05) is 19.1 Å². The van der Waals surface area contributed by atoms with Gasteiger partial charge in [-0.1, -0.05) is 0 Å². The zero-order valence-electron chi connectivity index (χ0n) is 11.5. The zero-order valence-corrected chi connectivity index (χ0v) is 11.5. The minimum atomic E-state index is -0.429. The first kappa shape index (κ1) is 14.1. The molecule has 0 aromatic heterocycles. The third-order valence-electron chi connectivity index (χ3n) is 3.35. The largest absolute Gasteiger partial charge is 0.497 e. The molecule has 19 heavy (non-hydrogen) atoms. The lowest BCUT2D eigenvalue weighted by Gasteiger charge is -2.12. The molecule has 0 aliphatic carbocycles. The van der Waals surface area contributed by atoms with Crippen molar-refractivity contribution in [3.63, 3.8) is 0 Å². The summed E-state index contributed by atoms with van der Waals surface area (Å²) in [5.41, 5.74) is 0.556. The number of aliphatic hydroxyl groups is 1. The summed E-state index contributed by atoms with van der Waals surface area (Å²) >= 11 is 0. The van der Waals surface area contributed by atoms with Crippen LogP contribution in [0.25, 0.3) is 0 Å². The van der Waals surface area contributed by atoms with Gasteiger partial charge in [-0.15, -0.1) is 0 Å². The summed E-state index contributed by atoms with van der Waals surface area (Å²) in [4.78, 5) is 0. The van der Waals surface area contributed by atoms with Crippen LogP contribution >= 0.6 is 0 Å². The number of benzene rings is 1. The van der Waals surface area contributed by atoms with Crippen LogP contribution in [0.3, 0.4) is 0 Å². The van der Waals surface area contributed by atoms with Gasteiger partial charge in [0.05, 0.1) is 19.8 Å². The molecule has 1 aromatic carbocycles. The monoisotopic (exact) mass is 268 g/mol. The van der Waals surface area contributed by atoms with Gasteiger partial charge in [0.1, 0.15) is 17.1 Å². The minimum Gasteiger partial charge on any atom is -0.497 e. The molecule has 106 valence electrons. The van der Waals surface area contributed by atoms with E-state index >= 15 is 0 Å². The van der Waals surface area contributed by atoms with Crippen LogP contribution < -0.4 is 9.47 Å². The van der Waals surface area contributed by atoms with Crippen LogP contribution in [0.5, 0.6) is 11.5 Å². The average Bonchev–Trinajstić information content (AvgIpc) is 3.08. The molecule has 2 rings (SSSR count).